The highest BCUT2D eigenvalue weighted by Crippen LogP contribution is 2.16. The van der Waals surface area contributed by atoms with E-state index in [4.69, 9.17) is 0 Å². The molecule has 0 aliphatic carbocycles. The lowest BCUT2D eigenvalue weighted by molar-refractivity contribution is 0.550. The molecule has 4 aromatic heterocycles. The molecule has 6 heteroatoms. The van der Waals surface area contributed by atoms with E-state index in [0.29, 0.717) is 30.1 Å². The smallest absolute Gasteiger partial charge is 0.111 e. The fourth-order valence-corrected chi connectivity index (χ4v) is 4.05. The Balaban J connectivity index is 0.000000255. The first-order valence-electron chi connectivity index (χ1n) is 14.2. The normalized spacial score (nSPS) is 10.9. The molecule has 0 aliphatic heterocycles. The third-order valence-electron chi connectivity index (χ3n) is 6.16. The second kappa shape index (κ2) is 16.7. The number of hydrogen-bond donors (Lipinski definition) is 0. The minimum Gasteiger partial charge on any atom is -0.352 e. The molecule has 0 atom stereocenters. The molecule has 0 aliphatic rings. The zero-order chi connectivity index (χ0) is 28.8. The van der Waals surface area contributed by atoms with Gasteiger partial charge >= 0.3 is 0 Å². The van der Waals surface area contributed by atoms with Gasteiger partial charge in [-0.1, -0.05) is 20.8 Å². The summed E-state index contributed by atoms with van der Waals surface area (Å²) in [6, 6.07) is 10.5. The van der Waals surface area contributed by atoms with Gasteiger partial charge in [0.1, 0.15) is 11.6 Å². The Bertz CT molecular complexity index is 1080. The minimum atomic E-state index is 0.521. The molecule has 0 fully saturated rings. The second-order valence-electron chi connectivity index (χ2n) is 11.0. The van der Waals surface area contributed by atoms with Crippen molar-refractivity contribution in [2.75, 3.05) is 0 Å². The average molecular weight is 523 g/mol. The molecule has 0 unspecified atom stereocenters. The summed E-state index contributed by atoms with van der Waals surface area (Å²) in [6.45, 7) is 26.0. The maximum atomic E-state index is 4.30. The van der Waals surface area contributed by atoms with Gasteiger partial charge in [0.05, 0.1) is 0 Å². The molecule has 0 spiro atoms. The van der Waals surface area contributed by atoms with Gasteiger partial charge in [-0.2, -0.15) is 0 Å². The van der Waals surface area contributed by atoms with Crippen molar-refractivity contribution in [1.29, 1.82) is 0 Å². The van der Waals surface area contributed by atoms with Crippen molar-refractivity contribution < 1.29 is 0 Å². The average Bonchev–Trinajstić information content (AvgIpc) is 3.66. The Labute approximate surface area is 232 Å². The molecule has 4 aromatic rings. The Morgan fingerprint density at radius 1 is 0.605 bits per heavy atom. The van der Waals surface area contributed by atoms with E-state index in [2.05, 4.69) is 142 Å². The van der Waals surface area contributed by atoms with Crippen LogP contribution in [0, 0.1) is 6.92 Å². The van der Waals surface area contributed by atoms with Crippen LogP contribution >= 0.6 is 0 Å². The standard InChI is InChI=1S/C9H16N2.C8H14N2.C8H13N.C7H11N/c1-7(2)9-10-5-6-11(9)8(3)4;1-4-8-9-5-6-10(8)7(2)3;1-7(2)9-6-4-5-8(9)3;1-7(2)8-5-3-4-6-8/h5-8H,1-4H3;5-7H,4H2,1-3H3;4-7H,1-3H3;3-7H,1-2H3. The summed E-state index contributed by atoms with van der Waals surface area (Å²) >= 11 is 0. The summed E-state index contributed by atoms with van der Waals surface area (Å²) < 4.78 is 8.82. The summed E-state index contributed by atoms with van der Waals surface area (Å²) in [6.07, 6.45) is 15.1. The fourth-order valence-electron chi connectivity index (χ4n) is 4.05. The summed E-state index contributed by atoms with van der Waals surface area (Å²) in [5.74, 6) is 2.88. The molecule has 0 saturated carbocycles. The van der Waals surface area contributed by atoms with Crippen molar-refractivity contribution in [3.8, 4) is 0 Å². The van der Waals surface area contributed by atoms with E-state index in [0.717, 1.165) is 6.42 Å². The molecular formula is C32H54N6. The van der Waals surface area contributed by atoms with E-state index >= 15 is 0 Å². The maximum absolute atomic E-state index is 4.30. The zero-order valence-electron chi connectivity index (χ0n) is 26.1. The Hall–Kier alpha value is -3.02. The Kier molecular flexibility index (Phi) is 14.5. The lowest BCUT2D eigenvalue weighted by Crippen LogP contribution is -2.06. The van der Waals surface area contributed by atoms with Gasteiger partial charge in [0.25, 0.3) is 0 Å². The van der Waals surface area contributed by atoms with Crippen LogP contribution in [0.1, 0.15) is 124 Å². The predicted molar refractivity (Wildman–Crippen MR) is 163 cm³/mol. The molecule has 0 saturated heterocycles. The first kappa shape index (κ1) is 33.0. The summed E-state index contributed by atoms with van der Waals surface area (Å²) in [4.78, 5) is 8.52. The third-order valence-corrected chi connectivity index (χ3v) is 6.16. The molecule has 4 rings (SSSR count). The van der Waals surface area contributed by atoms with E-state index in [1.54, 1.807) is 0 Å². The molecular weight excluding hydrogens is 468 g/mol. The van der Waals surface area contributed by atoms with Crippen LogP contribution in [0.5, 0.6) is 0 Å². The van der Waals surface area contributed by atoms with Crippen LogP contribution in [0.25, 0.3) is 0 Å². The van der Waals surface area contributed by atoms with Crippen molar-refractivity contribution in [1.82, 2.24) is 28.2 Å². The van der Waals surface area contributed by atoms with Crippen LogP contribution in [0.15, 0.2) is 67.6 Å². The Morgan fingerprint density at radius 2 is 1.13 bits per heavy atom. The van der Waals surface area contributed by atoms with E-state index < -0.39 is 0 Å². The van der Waals surface area contributed by atoms with Crippen LogP contribution < -0.4 is 0 Å². The van der Waals surface area contributed by atoms with Gasteiger partial charge in [-0.3, -0.25) is 0 Å². The number of aryl methyl sites for hydroxylation is 2. The molecule has 6 nitrogen and oxygen atoms in total. The highest BCUT2D eigenvalue weighted by atomic mass is 15.1. The summed E-state index contributed by atoms with van der Waals surface area (Å²) in [5, 5.41) is 0. The highest BCUT2D eigenvalue weighted by molar-refractivity contribution is 5.05. The molecule has 0 N–H and O–H groups in total. The fraction of sp³-hybridized carbons (Fsp3) is 0.562. The van der Waals surface area contributed by atoms with Gasteiger partial charge < -0.3 is 18.3 Å². The number of aromatic nitrogens is 6. The van der Waals surface area contributed by atoms with Gasteiger partial charge in [-0.15, -0.1) is 0 Å². The maximum Gasteiger partial charge on any atom is 0.111 e. The van der Waals surface area contributed by atoms with Gasteiger partial charge in [-0.05, 0) is 86.6 Å². The summed E-state index contributed by atoms with van der Waals surface area (Å²) in [7, 11) is 0. The molecule has 0 radical (unpaired) electrons. The SMILES string of the molecule is CC(C)c1nccn1C(C)C.CC(C)n1cccc1.CCc1nccn1C(C)C.Cc1cccn1C(C)C. The lowest BCUT2D eigenvalue weighted by atomic mass is 10.2. The van der Waals surface area contributed by atoms with Crippen molar-refractivity contribution in [3.05, 3.63) is 85.0 Å². The van der Waals surface area contributed by atoms with E-state index in [9.17, 15) is 0 Å². The lowest BCUT2D eigenvalue weighted by Gasteiger charge is -2.13. The van der Waals surface area contributed by atoms with Gasteiger partial charge in [-0.25, -0.2) is 9.97 Å². The topological polar surface area (TPSA) is 45.5 Å². The highest BCUT2D eigenvalue weighted by Gasteiger charge is 2.08. The first-order valence-corrected chi connectivity index (χ1v) is 14.2. The predicted octanol–water partition coefficient (Wildman–Crippen LogP) is 9.06. The Morgan fingerprint density at radius 3 is 1.45 bits per heavy atom. The molecule has 0 bridgehead atoms. The largest absolute Gasteiger partial charge is 0.352 e. The van der Waals surface area contributed by atoms with E-state index in [1.807, 2.05) is 36.9 Å². The third kappa shape index (κ3) is 10.8. The van der Waals surface area contributed by atoms with Crippen molar-refractivity contribution in [2.45, 2.75) is 120 Å². The zero-order valence-corrected chi connectivity index (χ0v) is 26.1. The van der Waals surface area contributed by atoms with Crippen molar-refractivity contribution in [2.24, 2.45) is 0 Å². The molecule has 0 aromatic carbocycles. The van der Waals surface area contributed by atoms with Crippen LogP contribution in [0.3, 0.4) is 0 Å². The first-order chi connectivity index (χ1) is 17.9. The summed E-state index contributed by atoms with van der Waals surface area (Å²) in [5.41, 5.74) is 1.34. The van der Waals surface area contributed by atoms with Crippen molar-refractivity contribution in [3.63, 3.8) is 0 Å². The molecule has 4 heterocycles. The van der Waals surface area contributed by atoms with Crippen LogP contribution in [0.2, 0.25) is 0 Å². The van der Waals surface area contributed by atoms with Crippen LogP contribution in [-0.2, 0) is 6.42 Å². The molecule has 0 amide bonds. The van der Waals surface area contributed by atoms with E-state index in [-0.39, 0.29) is 0 Å². The number of nitrogens with zero attached hydrogens (tertiary/aromatic N) is 6. The number of rotatable bonds is 6. The van der Waals surface area contributed by atoms with Gasteiger partial charge in [0, 0.05) is 85.6 Å². The second-order valence-corrected chi connectivity index (χ2v) is 11.0. The van der Waals surface area contributed by atoms with Crippen LogP contribution in [0.4, 0.5) is 0 Å². The molecule has 38 heavy (non-hydrogen) atoms. The number of hydrogen-bond acceptors (Lipinski definition) is 2. The van der Waals surface area contributed by atoms with Gasteiger partial charge in [0.15, 0.2) is 0 Å². The quantitative estimate of drug-likeness (QED) is 0.253. The van der Waals surface area contributed by atoms with Crippen molar-refractivity contribution >= 4 is 0 Å². The van der Waals surface area contributed by atoms with Crippen LogP contribution in [-0.4, -0.2) is 28.2 Å². The number of imidazole rings is 2. The monoisotopic (exact) mass is 522 g/mol. The molecule has 212 valence electrons. The van der Waals surface area contributed by atoms with Gasteiger partial charge in [0.2, 0.25) is 0 Å². The minimum absolute atomic E-state index is 0.521. The van der Waals surface area contributed by atoms with E-state index in [1.165, 1.54) is 17.3 Å².